The predicted octanol–water partition coefficient (Wildman–Crippen LogP) is 2.30. The Bertz CT molecular complexity index is 485. The van der Waals surface area contributed by atoms with Gasteiger partial charge in [0.1, 0.15) is 11.6 Å². The fraction of sp³-hybridized carbons (Fsp3) is 0.167. The van der Waals surface area contributed by atoms with Gasteiger partial charge in [-0.2, -0.15) is 0 Å². The molecule has 2 rings (SSSR count). The van der Waals surface area contributed by atoms with E-state index >= 15 is 0 Å². The van der Waals surface area contributed by atoms with Crippen LogP contribution in [-0.2, 0) is 6.42 Å². The summed E-state index contributed by atoms with van der Waals surface area (Å²) in [5.41, 5.74) is 3.54. The van der Waals surface area contributed by atoms with Gasteiger partial charge in [-0.1, -0.05) is 0 Å². The van der Waals surface area contributed by atoms with E-state index in [4.69, 9.17) is 10.3 Å². The van der Waals surface area contributed by atoms with E-state index in [9.17, 15) is 8.78 Å². The van der Waals surface area contributed by atoms with Crippen LogP contribution in [0.2, 0.25) is 0 Å². The van der Waals surface area contributed by atoms with Crippen LogP contribution in [0, 0.1) is 11.6 Å². The number of hydrogen-bond donors (Lipinski definition) is 2. The summed E-state index contributed by atoms with van der Waals surface area (Å²) in [5.74, 6) is 4.39. The smallest absolute Gasteiger partial charge is 0.128 e. The van der Waals surface area contributed by atoms with Crippen LogP contribution in [0.1, 0.15) is 17.2 Å². The van der Waals surface area contributed by atoms with E-state index in [1.807, 2.05) is 0 Å². The highest BCUT2D eigenvalue weighted by molar-refractivity contribution is 5.24. The molecule has 1 aromatic carbocycles. The molecule has 0 saturated carbocycles. The van der Waals surface area contributed by atoms with Crippen LogP contribution in [0.15, 0.2) is 41.2 Å². The molecule has 0 saturated heterocycles. The van der Waals surface area contributed by atoms with Crippen molar-refractivity contribution in [2.45, 2.75) is 12.5 Å². The van der Waals surface area contributed by atoms with Gasteiger partial charge in [-0.25, -0.2) is 8.78 Å². The molecule has 90 valence electrons. The fourth-order valence-corrected chi connectivity index (χ4v) is 1.68. The highest BCUT2D eigenvalue weighted by Gasteiger charge is 2.16. The molecule has 3 nitrogen and oxygen atoms in total. The molecular formula is C12H12F2N2O. The van der Waals surface area contributed by atoms with Crippen LogP contribution < -0.4 is 11.3 Å². The molecule has 1 aromatic heterocycles. The minimum Gasteiger partial charge on any atom is -0.472 e. The Morgan fingerprint density at radius 3 is 2.76 bits per heavy atom. The first kappa shape index (κ1) is 11.8. The molecule has 1 heterocycles. The number of rotatable bonds is 4. The van der Waals surface area contributed by atoms with Gasteiger partial charge in [-0.15, -0.1) is 0 Å². The number of furan rings is 1. The Morgan fingerprint density at radius 1 is 1.29 bits per heavy atom. The van der Waals surface area contributed by atoms with Crippen LogP contribution in [0.5, 0.6) is 0 Å². The normalized spacial score (nSPS) is 12.6. The van der Waals surface area contributed by atoms with Crippen molar-refractivity contribution in [2.75, 3.05) is 0 Å². The van der Waals surface area contributed by atoms with Crippen molar-refractivity contribution in [3.05, 3.63) is 59.6 Å². The van der Waals surface area contributed by atoms with E-state index in [1.165, 1.54) is 6.26 Å². The molecule has 0 aliphatic rings. The molecule has 0 spiro atoms. The number of halogens is 2. The second-order valence-corrected chi connectivity index (χ2v) is 3.72. The van der Waals surface area contributed by atoms with Gasteiger partial charge in [0.05, 0.1) is 18.6 Å². The number of hydrogen-bond acceptors (Lipinski definition) is 3. The summed E-state index contributed by atoms with van der Waals surface area (Å²) in [7, 11) is 0. The van der Waals surface area contributed by atoms with Crippen LogP contribution in [0.4, 0.5) is 8.78 Å². The quantitative estimate of drug-likeness (QED) is 0.634. The Balaban J connectivity index is 2.25. The Hall–Kier alpha value is -1.72. The second-order valence-electron chi connectivity index (χ2n) is 3.72. The molecule has 3 N–H and O–H groups in total. The first-order chi connectivity index (χ1) is 8.20. The molecule has 2 aromatic rings. The van der Waals surface area contributed by atoms with E-state index in [1.54, 1.807) is 12.3 Å². The second kappa shape index (κ2) is 5.07. The maximum absolute atomic E-state index is 13.5. The minimum atomic E-state index is -0.497. The Labute approximate surface area is 97.2 Å². The van der Waals surface area contributed by atoms with Crippen molar-refractivity contribution in [2.24, 2.45) is 5.84 Å². The lowest BCUT2D eigenvalue weighted by atomic mass is 10.0. The molecule has 0 aliphatic carbocycles. The van der Waals surface area contributed by atoms with Crippen molar-refractivity contribution in [3.8, 4) is 0 Å². The van der Waals surface area contributed by atoms with E-state index in [-0.39, 0.29) is 5.56 Å². The number of hydrazine groups is 1. The molecule has 0 bridgehead atoms. The molecule has 0 radical (unpaired) electrons. The zero-order valence-corrected chi connectivity index (χ0v) is 8.99. The average Bonchev–Trinajstić information content (AvgIpc) is 2.82. The highest BCUT2D eigenvalue weighted by Crippen LogP contribution is 2.21. The molecule has 1 atom stereocenters. The first-order valence-electron chi connectivity index (χ1n) is 5.13. The molecule has 0 aliphatic heterocycles. The van der Waals surface area contributed by atoms with Crippen LogP contribution in [0.25, 0.3) is 0 Å². The van der Waals surface area contributed by atoms with Crippen molar-refractivity contribution < 1.29 is 13.2 Å². The van der Waals surface area contributed by atoms with Gasteiger partial charge in [0.15, 0.2) is 0 Å². The van der Waals surface area contributed by atoms with Gasteiger partial charge >= 0.3 is 0 Å². The third-order valence-electron chi connectivity index (χ3n) is 2.55. The zero-order valence-electron chi connectivity index (χ0n) is 8.99. The lowest BCUT2D eigenvalue weighted by molar-refractivity contribution is 0.498. The summed E-state index contributed by atoms with van der Waals surface area (Å²) >= 11 is 0. The van der Waals surface area contributed by atoms with E-state index < -0.39 is 17.7 Å². The van der Waals surface area contributed by atoms with Crippen molar-refractivity contribution in [1.82, 2.24) is 5.43 Å². The standard InChI is InChI=1S/C12H12F2N2O/c13-9-1-2-11(14)10(6-9)12(16-15)5-8-3-4-17-7-8/h1-4,6-7,12,16H,5,15H2. The maximum Gasteiger partial charge on any atom is 0.128 e. The largest absolute Gasteiger partial charge is 0.472 e. The van der Waals surface area contributed by atoms with Gasteiger partial charge in [0, 0.05) is 5.56 Å². The predicted molar refractivity (Wildman–Crippen MR) is 58.8 cm³/mol. The van der Waals surface area contributed by atoms with E-state index in [2.05, 4.69) is 5.43 Å². The molecular weight excluding hydrogens is 226 g/mol. The Kier molecular flexibility index (Phi) is 3.51. The van der Waals surface area contributed by atoms with Gasteiger partial charge < -0.3 is 4.42 Å². The Morgan fingerprint density at radius 2 is 2.12 bits per heavy atom. The third-order valence-corrected chi connectivity index (χ3v) is 2.55. The average molecular weight is 238 g/mol. The minimum absolute atomic E-state index is 0.203. The molecule has 0 fully saturated rings. The highest BCUT2D eigenvalue weighted by atomic mass is 19.1. The fourth-order valence-electron chi connectivity index (χ4n) is 1.68. The number of benzene rings is 1. The SMILES string of the molecule is NNC(Cc1ccoc1)c1cc(F)ccc1F. The van der Waals surface area contributed by atoms with Gasteiger partial charge in [-0.3, -0.25) is 11.3 Å². The summed E-state index contributed by atoms with van der Waals surface area (Å²) in [4.78, 5) is 0. The van der Waals surface area contributed by atoms with Gasteiger partial charge in [0.2, 0.25) is 0 Å². The third kappa shape index (κ3) is 2.69. The van der Waals surface area contributed by atoms with Crippen molar-refractivity contribution in [1.29, 1.82) is 0 Å². The summed E-state index contributed by atoms with van der Waals surface area (Å²) < 4.78 is 31.5. The van der Waals surface area contributed by atoms with Crippen LogP contribution in [0.3, 0.4) is 0 Å². The van der Waals surface area contributed by atoms with Crippen molar-refractivity contribution in [3.63, 3.8) is 0 Å². The van der Waals surface area contributed by atoms with Crippen molar-refractivity contribution >= 4 is 0 Å². The number of nitrogens with two attached hydrogens (primary N) is 1. The summed E-state index contributed by atoms with van der Waals surface area (Å²) in [6, 6.07) is 4.55. The first-order valence-corrected chi connectivity index (χ1v) is 5.13. The molecule has 17 heavy (non-hydrogen) atoms. The van der Waals surface area contributed by atoms with E-state index in [0.717, 1.165) is 23.8 Å². The van der Waals surface area contributed by atoms with Crippen LogP contribution in [-0.4, -0.2) is 0 Å². The van der Waals surface area contributed by atoms with Crippen LogP contribution >= 0.6 is 0 Å². The summed E-state index contributed by atoms with van der Waals surface area (Å²) in [6.45, 7) is 0. The van der Waals surface area contributed by atoms with Gasteiger partial charge in [-0.05, 0) is 36.2 Å². The summed E-state index contributed by atoms with van der Waals surface area (Å²) in [6.07, 6.45) is 3.49. The molecule has 5 heteroatoms. The molecule has 1 unspecified atom stereocenters. The van der Waals surface area contributed by atoms with Gasteiger partial charge in [0.25, 0.3) is 0 Å². The monoisotopic (exact) mass is 238 g/mol. The lowest BCUT2D eigenvalue weighted by Gasteiger charge is -2.16. The lowest BCUT2D eigenvalue weighted by Crippen LogP contribution is -2.30. The summed E-state index contributed by atoms with van der Waals surface area (Å²) in [5, 5.41) is 0. The zero-order chi connectivity index (χ0) is 12.3. The molecule has 0 amide bonds. The number of nitrogens with one attached hydrogen (secondary N) is 1. The topological polar surface area (TPSA) is 51.2 Å². The van der Waals surface area contributed by atoms with E-state index in [0.29, 0.717) is 6.42 Å². The maximum atomic E-state index is 13.5.